The molecule has 4 heteroatoms. The van der Waals surface area contributed by atoms with Crippen molar-refractivity contribution >= 4 is 33.3 Å². The summed E-state index contributed by atoms with van der Waals surface area (Å²) in [6.07, 6.45) is 0. The smallest absolute Gasteiger partial charge is 0.132 e. The van der Waals surface area contributed by atoms with Gasteiger partial charge < -0.3 is 4.90 Å². The molecule has 94 valence electrons. The molecule has 2 aromatic rings. The lowest BCUT2D eigenvalue weighted by atomic mass is 10.0. The van der Waals surface area contributed by atoms with Gasteiger partial charge in [-0.25, -0.2) is 4.98 Å². The Kier molecular flexibility index (Phi) is 3.93. The van der Waals surface area contributed by atoms with E-state index in [4.69, 9.17) is 11.6 Å². The molecule has 0 fully saturated rings. The summed E-state index contributed by atoms with van der Waals surface area (Å²) in [6, 6.07) is 10.2. The molecule has 0 aliphatic heterocycles. The fourth-order valence-electron chi connectivity index (χ4n) is 1.77. The molecule has 0 spiro atoms. The first kappa shape index (κ1) is 13.4. The maximum absolute atomic E-state index is 6.09. The van der Waals surface area contributed by atoms with Gasteiger partial charge in [-0.1, -0.05) is 33.6 Å². The van der Waals surface area contributed by atoms with Gasteiger partial charge in [0.15, 0.2) is 0 Å². The van der Waals surface area contributed by atoms with Crippen LogP contribution in [0.3, 0.4) is 0 Å². The molecule has 2 nitrogen and oxygen atoms in total. The van der Waals surface area contributed by atoms with Crippen molar-refractivity contribution in [3.8, 4) is 11.1 Å². The van der Waals surface area contributed by atoms with Gasteiger partial charge in [-0.05, 0) is 47.9 Å². The second-order valence-corrected chi connectivity index (χ2v) is 5.69. The number of nitrogens with zero attached hydrogens (tertiary/aromatic N) is 2. The van der Waals surface area contributed by atoms with E-state index in [1.807, 2.05) is 37.2 Å². The number of hydrogen-bond donors (Lipinski definition) is 0. The fourth-order valence-corrected chi connectivity index (χ4v) is 2.34. The third kappa shape index (κ3) is 2.85. The first-order chi connectivity index (χ1) is 8.47. The minimum Gasteiger partial charge on any atom is -0.363 e. The SMILES string of the molecule is Cc1ccc(Br)cc1-c1cc(Cl)nc(N(C)C)c1. The number of anilines is 1. The summed E-state index contributed by atoms with van der Waals surface area (Å²) in [6.45, 7) is 2.09. The highest BCUT2D eigenvalue weighted by atomic mass is 79.9. The van der Waals surface area contributed by atoms with E-state index in [1.165, 1.54) is 5.56 Å². The zero-order valence-electron chi connectivity index (χ0n) is 10.5. The second-order valence-electron chi connectivity index (χ2n) is 4.39. The van der Waals surface area contributed by atoms with Gasteiger partial charge in [0.2, 0.25) is 0 Å². The van der Waals surface area contributed by atoms with Crippen LogP contribution in [0.1, 0.15) is 5.56 Å². The van der Waals surface area contributed by atoms with Crippen LogP contribution in [0.2, 0.25) is 5.15 Å². The largest absolute Gasteiger partial charge is 0.363 e. The van der Waals surface area contributed by atoms with Crippen molar-refractivity contribution in [1.82, 2.24) is 4.98 Å². The molecule has 0 saturated carbocycles. The van der Waals surface area contributed by atoms with E-state index < -0.39 is 0 Å². The Hall–Kier alpha value is -1.06. The van der Waals surface area contributed by atoms with Gasteiger partial charge in [-0.3, -0.25) is 0 Å². The third-order valence-electron chi connectivity index (χ3n) is 2.75. The molecule has 0 bridgehead atoms. The van der Waals surface area contributed by atoms with E-state index >= 15 is 0 Å². The van der Waals surface area contributed by atoms with Crippen LogP contribution in [0, 0.1) is 6.92 Å². The number of benzene rings is 1. The number of halogens is 2. The number of rotatable bonds is 2. The summed E-state index contributed by atoms with van der Waals surface area (Å²) in [4.78, 5) is 6.24. The van der Waals surface area contributed by atoms with Crippen molar-refractivity contribution in [2.75, 3.05) is 19.0 Å². The number of hydrogen-bond acceptors (Lipinski definition) is 2. The molecular weight excluding hydrogens is 312 g/mol. The number of aryl methyl sites for hydroxylation is 1. The summed E-state index contributed by atoms with van der Waals surface area (Å²) in [7, 11) is 3.91. The first-order valence-electron chi connectivity index (χ1n) is 5.59. The van der Waals surface area contributed by atoms with Crippen molar-refractivity contribution in [1.29, 1.82) is 0 Å². The molecule has 0 saturated heterocycles. The van der Waals surface area contributed by atoms with Crippen LogP contribution >= 0.6 is 27.5 Å². The van der Waals surface area contributed by atoms with E-state index in [1.54, 1.807) is 0 Å². The van der Waals surface area contributed by atoms with Crippen LogP contribution in [0.25, 0.3) is 11.1 Å². The quantitative estimate of drug-likeness (QED) is 0.754. The lowest BCUT2D eigenvalue weighted by Crippen LogP contribution is -2.10. The van der Waals surface area contributed by atoms with Crippen LogP contribution in [-0.2, 0) is 0 Å². The summed E-state index contributed by atoms with van der Waals surface area (Å²) >= 11 is 9.59. The van der Waals surface area contributed by atoms with Crippen LogP contribution < -0.4 is 4.90 Å². The van der Waals surface area contributed by atoms with Crippen molar-refractivity contribution < 1.29 is 0 Å². The van der Waals surface area contributed by atoms with Crippen molar-refractivity contribution in [3.63, 3.8) is 0 Å². The van der Waals surface area contributed by atoms with Crippen LogP contribution in [0.15, 0.2) is 34.8 Å². The first-order valence-corrected chi connectivity index (χ1v) is 6.76. The molecule has 0 unspecified atom stereocenters. The van der Waals surface area contributed by atoms with Crippen molar-refractivity contribution in [2.24, 2.45) is 0 Å². The second kappa shape index (κ2) is 5.29. The molecule has 2 rings (SSSR count). The van der Waals surface area contributed by atoms with E-state index in [0.717, 1.165) is 21.4 Å². The molecule has 0 radical (unpaired) electrons. The van der Waals surface area contributed by atoms with Crippen LogP contribution in [0.4, 0.5) is 5.82 Å². The molecule has 1 aromatic carbocycles. The average Bonchev–Trinajstić information content (AvgIpc) is 2.31. The van der Waals surface area contributed by atoms with Gasteiger partial charge in [0, 0.05) is 18.6 Å². The molecule has 0 N–H and O–H groups in total. The molecule has 1 heterocycles. The molecule has 1 aromatic heterocycles. The normalized spacial score (nSPS) is 10.5. The highest BCUT2D eigenvalue weighted by molar-refractivity contribution is 9.10. The number of aromatic nitrogens is 1. The number of pyridine rings is 1. The summed E-state index contributed by atoms with van der Waals surface area (Å²) in [5.74, 6) is 0.858. The van der Waals surface area contributed by atoms with E-state index in [2.05, 4.69) is 40.0 Å². The Morgan fingerprint density at radius 2 is 1.89 bits per heavy atom. The Morgan fingerprint density at radius 3 is 2.56 bits per heavy atom. The van der Waals surface area contributed by atoms with Gasteiger partial charge in [0.05, 0.1) is 0 Å². The topological polar surface area (TPSA) is 16.1 Å². The molecule has 0 atom stereocenters. The summed E-state index contributed by atoms with van der Waals surface area (Å²) in [5, 5.41) is 0.510. The third-order valence-corrected chi connectivity index (χ3v) is 3.44. The van der Waals surface area contributed by atoms with Crippen LogP contribution in [-0.4, -0.2) is 19.1 Å². The van der Waals surface area contributed by atoms with E-state index in [0.29, 0.717) is 5.15 Å². The van der Waals surface area contributed by atoms with E-state index in [-0.39, 0.29) is 0 Å². The monoisotopic (exact) mass is 324 g/mol. The van der Waals surface area contributed by atoms with Crippen molar-refractivity contribution in [2.45, 2.75) is 6.92 Å². The molecular formula is C14H14BrClN2. The fraction of sp³-hybridized carbons (Fsp3) is 0.214. The standard InChI is InChI=1S/C14H14BrClN2/c1-9-4-5-11(15)8-12(9)10-6-13(16)17-14(7-10)18(2)3/h4-8H,1-3H3. The Balaban J connectivity index is 2.60. The maximum atomic E-state index is 6.09. The summed E-state index contributed by atoms with van der Waals surface area (Å²) in [5.41, 5.74) is 3.46. The molecule has 0 amide bonds. The van der Waals surface area contributed by atoms with Gasteiger partial charge >= 0.3 is 0 Å². The summed E-state index contributed by atoms with van der Waals surface area (Å²) < 4.78 is 1.06. The molecule has 0 aliphatic rings. The maximum Gasteiger partial charge on any atom is 0.132 e. The predicted molar refractivity (Wildman–Crippen MR) is 81.4 cm³/mol. The average molecular weight is 326 g/mol. The highest BCUT2D eigenvalue weighted by Crippen LogP contribution is 2.30. The highest BCUT2D eigenvalue weighted by Gasteiger charge is 2.08. The predicted octanol–water partition coefficient (Wildman–Crippen LogP) is 4.54. The zero-order valence-corrected chi connectivity index (χ0v) is 12.9. The van der Waals surface area contributed by atoms with Gasteiger partial charge in [-0.2, -0.15) is 0 Å². The minimum atomic E-state index is 0.510. The van der Waals surface area contributed by atoms with Gasteiger partial charge in [0.25, 0.3) is 0 Å². The van der Waals surface area contributed by atoms with Gasteiger partial charge in [-0.15, -0.1) is 0 Å². The van der Waals surface area contributed by atoms with E-state index in [9.17, 15) is 0 Å². The molecule has 18 heavy (non-hydrogen) atoms. The zero-order chi connectivity index (χ0) is 13.3. The van der Waals surface area contributed by atoms with Crippen molar-refractivity contribution in [3.05, 3.63) is 45.5 Å². The Labute approximate surface area is 121 Å². The van der Waals surface area contributed by atoms with Crippen LogP contribution in [0.5, 0.6) is 0 Å². The minimum absolute atomic E-state index is 0.510. The Morgan fingerprint density at radius 1 is 1.17 bits per heavy atom. The lowest BCUT2D eigenvalue weighted by Gasteiger charge is -2.14. The lowest BCUT2D eigenvalue weighted by molar-refractivity contribution is 1.07. The molecule has 0 aliphatic carbocycles. The van der Waals surface area contributed by atoms with Gasteiger partial charge in [0.1, 0.15) is 11.0 Å². The Bertz CT molecular complexity index is 582.